The van der Waals surface area contributed by atoms with Crippen molar-refractivity contribution in [3.63, 3.8) is 0 Å². The second kappa shape index (κ2) is 10.8. The van der Waals surface area contributed by atoms with Gasteiger partial charge < -0.3 is 5.32 Å². The fraction of sp³-hybridized carbons (Fsp3) is 0.348. The summed E-state index contributed by atoms with van der Waals surface area (Å²) in [6, 6.07) is 13.9. The van der Waals surface area contributed by atoms with Gasteiger partial charge in [0.2, 0.25) is 0 Å². The number of nitrogens with one attached hydrogen (secondary N) is 2. The van der Waals surface area contributed by atoms with Crippen LogP contribution in [0.25, 0.3) is 0 Å². The molecule has 154 valence electrons. The zero-order chi connectivity index (χ0) is 21.4. The monoisotopic (exact) mass is 413 g/mol. The largest absolute Gasteiger partial charge is 0.340 e. The summed E-state index contributed by atoms with van der Waals surface area (Å²) in [6.45, 7) is 8.26. The molecule has 1 atom stereocenters. The first-order chi connectivity index (χ1) is 13.8. The van der Waals surface area contributed by atoms with Gasteiger partial charge in [0, 0.05) is 10.6 Å². The lowest BCUT2D eigenvalue weighted by molar-refractivity contribution is -0.123. The van der Waals surface area contributed by atoms with E-state index in [1.54, 1.807) is 30.5 Å². The molecule has 2 amide bonds. The third-order valence-electron chi connectivity index (χ3n) is 4.43. The number of hydrogen-bond acceptors (Lipinski definition) is 3. The molecule has 0 saturated heterocycles. The molecule has 0 spiro atoms. The van der Waals surface area contributed by atoms with Crippen LogP contribution in [0.15, 0.2) is 53.6 Å². The highest BCUT2D eigenvalue weighted by atomic mass is 35.5. The van der Waals surface area contributed by atoms with Crippen molar-refractivity contribution in [2.45, 2.75) is 46.1 Å². The molecule has 0 bridgehead atoms. The predicted molar refractivity (Wildman–Crippen MR) is 118 cm³/mol. The Bertz CT molecular complexity index is 843. The number of hydrogen-bond donors (Lipinski definition) is 2. The number of carbonyl (C=O) groups is 2. The Morgan fingerprint density at radius 3 is 2.17 bits per heavy atom. The molecule has 2 N–H and O–H groups in total. The predicted octanol–water partition coefficient (Wildman–Crippen LogP) is 4.76. The lowest BCUT2D eigenvalue weighted by atomic mass is 10.0. The van der Waals surface area contributed by atoms with Crippen molar-refractivity contribution >= 4 is 29.6 Å². The van der Waals surface area contributed by atoms with E-state index in [1.165, 1.54) is 5.56 Å². The summed E-state index contributed by atoms with van der Waals surface area (Å²) in [5, 5.41) is 7.38. The van der Waals surface area contributed by atoms with E-state index in [9.17, 15) is 9.59 Å². The Morgan fingerprint density at radius 2 is 1.62 bits per heavy atom. The standard InChI is InChI=1S/C23H28ClN3O2/c1-15(2)13-21(26-22(28)19-9-11-20(24)12-10-19)23(29)27-25-14-17-5-7-18(8-6-17)16(3)4/h5-12,14-16,21H,13H2,1-4H3,(H,26,28)(H,27,29). The molecule has 1 unspecified atom stereocenters. The maximum absolute atomic E-state index is 12.6. The van der Waals surface area contributed by atoms with Crippen molar-refractivity contribution in [1.29, 1.82) is 0 Å². The molecule has 2 aromatic carbocycles. The molecule has 0 aromatic heterocycles. The molecule has 0 heterocycles. The summed E-state index contributed by atoms with van der Waals surface area (Å²) in [6.07, 6.45) is 2.10. The van der Waals surface area contributed by atoms with E-state index in [-0.39, 0.29) is 17.7 Å². The quantitative estimate of drug-likeness (QED) is 0.484. The Balaban J connectivity index is 2.00. The van der Waals surface area contributed by atoms with Crippen molar-refractivity contribution in [3.05, 3.63) is 70.2 Å². The number of amides is 2. The molecule has 0 aliphatic heterocycles. The minimum Gasteiger partial charge on any atom is -0.340 e. The molecular weight excluding hydrogens is 386 g/mol. The SMILES string of the molecule is CC(C)CC(NC(=O)c1ccc(Cl)cc1)C(=O)NN=Cc1ccc(C(C)C)cc1. The first kappa shape index (κ1) is 22.6. The number of hydrazone groups is 1. The molecule has 0 aliphatic rings. The first-order valence-electron chi connectivity index (χ1n) is 9.75. The van der Waals surface area contributed by atoms with Crippen LogP contribution >= 0.6 is 11.6 Å². The van der Waals surface area contributed by atoms with E-state index in [0.717, 1.165) is 5.56 Å². The second-order valence-corrected chi connectivity index (χ2v) is 8.15. The Hall–Kier alpha value is -2.66. The minimum absolute atomic E-state index is 0.226. The molecule has 2 rings (SSSR count). The van der Waals surface area contributed by atoms with Gasteiger partial charge in [-0.3, -0.25) is 9.59 Å². The summed E-state index contributed by atoms with van der Waals surface area (Å²) in [5.74, 6) is 0.0114. The highest BCUT2D eigenvalue weighted by molar-refractivity contribution is 6.30. The highest BCUT2D eigenvalue weighted by Gasteiger charge is 2.22. The average Bonchev–Trinajstić information content (AvgIpc) is 2.68. The molecule has 0 radical (unpaired) electrons. The summed E-state index contributed by atoms with van der Waals surface area (Å²) in [4.78, 5) is 25.0. The van der Waals surface area contributed by atoms with E-state index in [4.69, 9.17) is 11.6 Å². The van der Waals surface area contributed by atoms with E-state index < -0.39 is 6.04 Å². The van der Waals surface area contributed by atoms with Crippen LogP contribution < -0.4 is 10.7 Å². The third-order valence-corrected chi connectivity index (χ3v) is 4.68. The van der Waals surface area contributed by atoms with Crippen LogP contribution in [0.5, 0.6) is 0 Å². The number of halogens is 1. The summed E-state index contributed by atoms with van der Waals surface area (Å²) < 4.78 is 0. The summed E-state index contributed by atoms with van der Waals surface area (Å²) in [7, 11) is 0. The Labute approximate surface area is 177 Å². The van der Waals surface area contributed by atoms with Gasteiger partial charge in [-0.05, 0) is 53.6 Å². The van der Waals surface area contributed by atoms with E-state index in [0.29, 0.717) is 22.9 Å². The number of rotatable bonds is 8. The normalized spacial score (nSPS) is 12.4. The van der Waals surface area contributed by atoms with Crippen LogP contribution in [-0.4, -0.2) is 24.1 Å². The van der Waals surface area contributed by atoms with Crippen LogP contribution in [-0.2, 0) is 4.79 Å². The van der Waals surface area contributed by atoms with Crippen molar-refractivity contribution in [2.24, 2.45) is 11.0 Å². The minimum atomic E-state index is -0.682. The maximum atomic E-state index is 12.6. The van der Waals surface area contributed by atoms with Gasteiger partial charge in [-0.1, -0.05) is 63.6 Å². The van der Waals surface area contributed by atoms with Gasteiger partial charge in [-0.25, -0.2) is 5.43 Å². The topological polar surface area (TPSA) is 70.6 Å². The number of benzene rings is 2. The molecule has 0 fully saturated rings. The Kier molecular flexibility index (Phi) is 8.40. The van der Waals surface area contributed by atoms with Crippen LogP contribution in [0.4, 0.5) is 0 Å². The van der Waals surface area contributed by atoms with Crippen LogP contribution in [0.3, 0.4) is 0 Å². The fourth-order valence-electron chi connectivity index (χ4n) is 2.76. The molecular formula is C23H28ClN3O2. The van der Waals surface area contributed by atoms with Gasteiger partial charge in [0.15, 0.2) is 0 Å². The van der Waals surface area contributed by atoms with Crippen molar-refractivity contribution < 1.29 is 9.59 Å². The maximum Gasteiger partial charge on any atom is 0.262 e. The van der Waals surface area contributed by atoms with Gasteiger partial charge in [-0.15, -0.1) is 0 Å². The van der Waals surface area contributed by atoms with E-state index in [1.807, 2.05) is 38.1 Å². The zero-order valence-corrected chi connectivity index (χ0v) is 18.0. The second-order valence-electron chi connectivity index (χ2n) is 7.72. The molecule has 5 nitrogen and oxygen atoms in total. The molecule has 29 heavy (non-hydrogen) atoms. The lowest BCUT2D eigenvalue weighted by Crippen LogP contribution is -2.46. The van der Waals surface area contributed by atoms with Crippen LogP contribution in [0.2, 0.25) is 5.02 Å². The smallest absolute Gasteiger partial charge is 0.262 e. The lowest BCUT2D eigenvalue weighted by Gasteiger charge is -2.19. The molecule has 6 heteroatoms. The van der Waals surface area contributed by atoms with Crippen LogP contribution in [0, 0.1) is 5.92 Å². The van der Waals surface area contributed by atoms with Crippen molar-refractivity contribution in [3.8, 4) is 0 Å². The highest BCUT2D eigenvalue weighted by Crippen LogP contribution is 2.14. The van der Waals surface area contributed by atoms with Gasteiger partial charge >= 0.3 is 0 Å². The third kappa shape index (κ3) is 7.35. The number of nitrogens with zero attached hydrogens (tertiary/aromatic N) is 1. The average molecular weight is 414 g/mol. The van der Waals surface area contributed by atoms with Gasteiger partial charge in [0.1, 0.15) is 6.04 Å². The van der Waals surface area contributed by atoms with E-state index >= 15 is 0 Å². The first-order valence-corrected chi connectivity index (χ1v) is 10.1. The molecule has 0 aliphatic carbocycles. The van der Waals surface area contributed by atoms with Crippen LogP contribution in [0.1, 0.15) is 61.5 Å². The number of carbonyl (C=O) groups excluding carboxylic acids is 2. The zero-order valence-electron chi connectivity index (χ0n) is 17.3. The van der Waals surface area contributed by atoms with Gasteiger partial charge in [0.25, 0.3) is 11.8 Å². The van der Waals surface area contributed by atoms with E-state index in [2.05, 4.69) is 29.7 Å². The summed E-state index contributed by atoms with van der Waals surface area (Å²) >= 11 is 5.86. The van der Waals surface area contributed by atoms with Gasteiger partial charge in [-0.2, -0.15) is 5.10 Å². The van der Waals surface area contributed by atoms with Crippen molar-refractivity contribution in [2.75, 3.05) is 0 Å². The van der Waals surface area contributed by atoms with Crippen molar-refractivity contribution in [1.82, 2.24) is 10.7 Å². The molecule has 0 saturated carbocycles. The Morgan fingerprint density at radius 1 is 1.00 bits per heavy atom. The fourth-order valence-corrected chi connectivity index (χ4v) is 2.89. The molecule has 2 aromatic rings. The van der Waals surface area contributed by atoms with Gasteiger partial charge in [0.05, 0.1) is 6.21 Å². The summed E-state index contributed by atoms with van der Waals surface area (Å²) in [5.41, 5.74) is 5.12.